The number of rotatable bonds is 7. The number of hydrogen-bond acceptors (Lipinski definition) is 2. The van der Waals surface area contributed by atoms with Crippen LogP contribution in [0.5, 0.6) is 0 Å². The average Bonchev–Trinajstić information content (AvgIpc) is 2.39. The molecule has 2 unspecified atom stereocenters. The molecule has 1 N–H and O–H groups in total. The topological polar surface area (TPSA) is 15.3 Å². The van der Waals surface area contributed by atoms with Crippen molar-refractivity contribution in [3.05, 3.63) is 0 Å². The molecular weight excluding hydrogens is 208 g/mol. The van der Waals surface area contributed by atoms with Crippen molar-refractivity contribution in [3.63, 3.8) is 0 Å². The van der Waals surface area contributed by atoms with Gasteiger partial charge in [-0.15, -0.1) is 0 Å². The molecule has 1 aliphatic rings. The van der Waals surface area contributed by atoms with Gasteiger partial charge < -0.3 is 5.32 Å². The van der Waals surface area contributed by atoms with Crippen LogP contribution in [-0.4, -0.2) is 37.1 Å². The third-order valence-corrected chi connectivity index (χ3v) is 4.53. The molecular formula is C15H32N2. The summed E-state index contributed by atoms with van der Waals surface area (Å²) in [6.07, 6.45) is 11.0. The van der Waals surface area contributed by atoms with Gasteiger partial charge in [0.15, 0.2) is 0 Å². The zero-order valence-electron chi connectivity index (χ0n) is 12.3. The summed E-state index contributed by atoms with van der Waals surface area (Å²) in [6.45, 7) is 4.63. The molecule has 2 atom stereocenters. The van der Waals surface area contributed by atoms with Crippen LogP contribution in [-0.2, 0) is 0 Å². The van der Waals surface area contributed by atoms with Crippen LogP contribution in [0.15, 0.2) is 0 Å². The Kier molecular flexibility index (Phi) is 7.14. The fourth-order valence-corrected chi connectivity index (χ4v) is 3.46. The van der Waals surface area contributed by atoms with Crippen LogP contribution in [0.25, 0.3) is 0 Å². The quantitative estimate of drug-likeness (QED) is 0.733. The molecule has 0 aliphatic heterocycles. The SMILES string of the molecule is CCCC(NC)C(CC)N(C)C1CCCCC1. The first kappa shape index (κ1) is 15.0. The molecule has 2 heteroatoms. The normalized spacial score (nSPS) is 21.7. The van der Waals surface area contributed by atoms with Gasteiger partial charge in [-0.05, 0) is 39.8 Å². The second-order valence-electron chi connectivity index (χ2n) is 5.62. The fourth-order valence-electron chi connectivity index (χ4n) is 3.46. The minimum absolute atomic E-state index is 0.664. The van der Waals surface area contributed by atoms with Crippen molar-refractivity contribution < 1.29 is 0 Å². The standard InChI is InChI=1S/C15H32N2/c1-5-10-14(16-3)15(6-2)17(4)13-11-8-7-9-12-13/h13-16H,5-12H2,1-4H3. The Balaban J connectivity index is 2.56. The van der Waals surface area contributed by atoms with Gasteiger partial charge in [-0.25, -0.2) is 0 Å². The van der Waals surface area contributed by atoms with Gasteiger partial charge in [0.05, 0.1) is 0 Å². The van der Waals surface area contributed by atoms with E-state index >= 15 is 0 Å². The molecule has 0 aromatic rings. The van der Waals surface area contributed by atoms with Gasteiger partial charge in [-0.2, -0.15) is 0 Å². The summed E-state index contributed by atoms with van der Waals surface area (Å²) in [5.41, 5.74) is 0. The minimum atomic E-state index is 0.664. The van der Waals surface area contributed by atoms with E-state index in [2.05, 4.69) is 38.2 Å². The van der Waals surface area contributed by atoms with E-state index in [0.29, 0.717) is 12.1 Å². The van der Waals surface area contributed by atoms with Gasteiger partial charge in [0, 0.05) is 18.1 Å². The predicted molar refractivity (Wildman–Crippen MR) is 76.5 cm³/mol. The van der Waals surface area contributed by atoms with E-state index in [9.17, 15) is 0 Å². The van der Waals surface area contributed by atoms with Crippen LogP contribution in [0.1, 0.15) is 65.2 Å². The lowest BCUT2D eigenvalue weighted by Gasteiger charge is -2.40. The Morgan fingerprint density at radius 1 is 1.18 bits per heavy atom. The first-order chi connectivity index (χ1) is 8.24. The summed E-state index contributed by atoms with van der Waals surface area (Å²) in [5, 5.41) is 3.53. The van der Waals surface area contributed by atoms with Gasteiger partial charge in [0.2, 0.25) is 0 Å². The first-order valence-electron chi connectivity index (χ1n) is 7.63. The van der Waals surface area contributed by atoms with Crippen molar-refractivity contribution in [2.45, 2.75) is 83.3 Å². The summed E-state index contributed by atoms with van der Waals surface area (Å²) < 4.78 is 0. The molecule has 0 radical (unpaired) electrons. The van der Waals surface area contributed by atoms with Crippen molar-refractivity contribution in [2.75, 3.05) is 14.1 Å². The molecule has 0 aromatic heterocycles. The first-order valence-corrected chi connectivity index (χ1v) is 7.63. The van der Waals surface area contributed by atoms with Gasteiger partial charge >= 0.3 is 0 Å². The molecule has 17 heavy (non-hydrogen) atoms. The van der Waals surface area contributed by atoms with Crippen molar-refractivity contribution in [2.24, 2.45) is 0 Å². The Labute approximate surface area is 108 Å². The summed E-state index contributed by atoms with van der Waals surface area (Å²) in [4.78, 5) is 2.68. The fraction of sp³-hybridized carbons (Fsp3) is 1.00. The van der Waals surface area contributed by atoms with Crippen molar-refractivity contribution in [3.8, 4) is 0 Å². The molecule has 0 aromatic carbocycles. The highest BCUT2D eigenvalue weighted by atomic mass is 15.2. The van der Waals surface area contributed by atoms with Crippen LogP contribution >= 0.6 is 0 Å². The van der Waals surface area contributed by atoms with Crippen LogP contribution < -0.4 is 5.32 Å². The van der Waals surface area contributed by atoms with Gasteiger partial charge in [-0.3, -0.25) is 4.90 Å². The number of nitrogens with zero attached hydrogens (tertiary/aromatic N) is 1. The minimum Gasteiger partial charge on any atom is -0.315 e. The van der Waals surface area contributed by atoms with Gasteiger partial charge in [-0.1, -0.05) is 39.5 Å². The molecule has 102 valence electrons. The van der Waals surface area contributed by atoms with Crippen molar-refractivity contribution in [1.82, 2.24) is 10.2 Å². The van der Waals surface area contributed by atoms with E-state index in [-0.39, 0.29) is 0 Å². The largest absolute Gasteiger partial charge is 0.315 e. The van der Waals surface area contributed by atoms with Crippen LogP contribution in [0, 0.1) is 0 Å². The summed E-state index contributed by atoms with van der Waals surface area (Å²) >= 11 is 0. The Morgan fingerprint density at radius 2 is 1.82 bits per heavy atom. The van der Waals surface area contributed by atoms with E-state index in [1.807, 2.05) is 0 Å². The molecule has 1 saturated carbocycles. The molecule has 0 amide bonds. The van der Waals surface area contributed by atoms with E-state index in [0.717, 1.165) is 6.04 Å². The van der Waals surface area contributed by atoms with E-state index in [1.165, 1.54) is 51.4 Å². The monoisotopic (exact) mass is 240 g/mol. The Morgan fingerprint density at radius 3 is 2.29 bits per heavy atom. The van der Waals surface area contributed by atoms with E-state index < -0.39 is 0 Å². The maximum atomic E-state index is 3.53. The summed E-state index contributed by atoms with van der Waals surface area (Å²) in [6, 6.07) is 2.21. The molecule has 1 rings (SSSR count). The highest BCUT2D eigenvalue weighted by Gasteiger charge is 2.27. The maximum absolute atomic E-state index is 3.53. The highest BCUT2D eigenvalue weighted by Crippen LogP contribution is 2.25. The van der Waals surface area contributed by atoms with E-state index in [4.69, 9.17) is 0 Å². The Hall–Kier alpha value is -0.0800. The lowest BCUT2D eigenvalue weighted by Crippen LogP contribution is -2.51. The number of nitrogens with one attached hydrogen (secondary N) is 1. The number of hydrogen-bond donors (Lipinski definition) is 1. The molecule has 0 spiro atoms. The second kappa shape index (κ2) is 8.10. The Bertz CT molecular complexity index is 187. The van der Waals surface area contributed by atoms with Gasteiger partial charge in [0.25, 0.3) is 0 Å². The third-order valence-electron chi connectivity index (χ3n) is 4.53. The second-order valence-corrected chi connectivity index (χ2v) is 5.62. The average molecular weight is 240 g/mol. The van der Waals surface area contributed by atoms with Crippen LogP contribution in [0.3, 0.4) is 0 Å². The predicted octanol–water partition coefficient (Wildman–Crippen LogP) is 3.42. The lowest BCUT2D eigenvalue weighted by molar-refractivity contribution is 0.106. The molecule has 0 bridgehead atoms. The molecule has 0 heterocycles. The molecule has 1 aliphatic carbocycles. The summed E-state index contributed by atoms with van der Waals surface area (Å²) in [7, 11) is 4.47. The zero-order chi connectivity index (χ0) is 12.7. The van der Waals surface area contributed by atoms with Crippen molar-refractivity contribution >= 4 is 0 Å². The highest BCUT2D eigenvalue weighted by molar-refractivity contribution is 4.86. The molecule has 1 fully saturated rings. The molecule has 2 nitrogen and oxygen atoms in total. The smallest absolute Gasteiger partial charge is 0.0246 e. The molecule has 0 saturated heterocycles. The maximum Gasteiger partial charge on any atom is 0.0246 e. The van der Waals surface area contributed by atoms with Crippen molar-refractivity contribution in [1.29, 1.82) is 0 Å². The third kappa shape index (κ3) is 4.26. The van der Waals surface area contributed by atoms with Crippen LogP contribution in [0.2, 0.25) is 0 Å². The summed E-state index contributed by atoms with van der Waals surface area (Å²) in [5.74, 6) is 0. The number of likely N-dealkylation sites (N-methyl/N-ethyl adjacent to an activating group) is 2. The van der Waals surface area contributed by atoms with E-state index in [1.54, 1.807) is 0 Å². The zero-order valence-corrected chi connectivity index (χ0v) is 12.3. The lowest BCUT2D eigenvalue weighted by atomic mass is 9.91. The van der Waals surface area contributed by atoms with Gasteiger partial charge in [0.1, 0.15) is 0 Å². The van der Waals surface area contributed by atoms with Crippen LogP contribution in [0.4, 0.5) is 0 Å².